The number of benzene rings is 1. The van der Waals surface area contributed by atoms with Gasteiger partial charge < -0.3 is 19.2 Å². The minimum atomic E-state index is -0.308. The number of oxazole rings is 1. The van der Waals surface area contributed by atoms with E-state index < -0.39 is 0 Å². The van der Waals surface area contributed by atoms with Gasteiger partial charge in [-0.2, -0.15) is 0 Å². The van der Waals surface area contributed by atoms with Crippen LogP contribution < -0.4 is 5.32 Å². The second-order valence-corrected chi connectivity index (χ2v) is 6.84. The molecule has 3 atom stereocenters. The Bertz CT molecular complexity index is 922. The number of nitrogens with zero attached hydrogens (tertiary/aromatic N) is 2. The molecule has 0 unspecified atom stereocenters. The van der Waals surface area contributed by atoms with Gasteiger partial charge in [-0.1, -0.05) is 18.2 Å². The van der Waals surface area contributed by atoms with Crippen LogP contribution in [0.4, 0.5) is 0 Å². The smallest absolute Gasteiger partial charge is 0.340 e. The summed E-state index contributed by atoms with van der Waals surface area (Å²) in [6.07, 6.45) is 6.30. The Hall–Kier alpha value is -2.64. The van der Waals surface area contributed by atoms with Crippen molar-refractivity contribution in [3.05, 3.63) is 48.5 Å². The molecule has 2 aromatic heterocycles. The molecule has 26 heavy (non-hydrogen) atoms. The van der Waals surface area contributed by atoms with Gasteiger partial charge in [-0.3, -0.25) is 4.57 Å². The SMILES string of the molecule is O=C(O[C@H]1C[C@H]2COC[C@@H](C1)N2)c1cn(-c2ncco2)c2ccccc12. The van der Waals surface area contributed by atoms with Gasteiger partial charge in [0.1, 0.15) is 12.4 Å². The molecule has 0 spiro atoms. The van der Waals surface area contributed by atoms with E-state index in [1.165, 1.54) is 6.26 Å². The van der Waals surface area contributed by atoms with Crippen molar-refractivity contribution >= 4 is 16.9 Å². The predicted molar refractivity (Wildman–Crippen MR) is 93.3 cm³/mol. The molecule has 4 heterocycles. The molecule has 2 saturated heterocycles. The maximum Gasteiger partial charge on any atom is 0.340 e. The predicted octanol–water partition coefficient (Wildman–Crippen LogP) is 2.29. The summed E-state index contributed by atoms with van der Waals surface area (Å²) in [6.45, 7) is 1.35. The van der Waals surface area contributed by atoms with Gasteiger partial charge in [0.25, 0.3) is 0 Å². The van der Waals surface area contributed by atoms with E-state index in [4.69, 9.17) is 13.9 Å². The number of ether oxygens (including phenoxy) is 2. The Morgan fingerprint density at radius 2 is 2.04 bits per heavy atom. The van der Waals surface area contributed by atoms with Gasteiger partial charge in [0, 0.05) is 36.5 Å². The number of hydrogen-bond acceptors (Lipinski definition) is 6. The molecule has 0 radical (unpaired) electrons. The summed E-state index contributed by atoms with van der Waals surface area (Å²) in [6, 6.07) is 8.62. The fourth-order valence-corrected chi connectivity index (χ4v) is 3.93. The number of rotatable bonds is 3. The highest BCUT2D eigenvalue weighted by Crippen LogP contribution is 2.27. The van der Waals surface area contributed by atoms with E-state index in [1.54, 1.807) is 17.0 Å². The van der Waals surface area contributed by atoms with Crippen LogP contribution in [0.2, 0.25) is 0 Å². The molecule has 5 rings (SSSR count). The molecule has 3 aromatic rings. The first-order chi connectivity index (χ1) is 12.8. The van der Waals surface area contributed by atoms with Crippen LogP contribution in [0.1, 0.15) is 23.2 Å². The van der Waals surface area contributed by atoms with Crippen molar-refractivity contribution in [2.75, 3.05) is 13.2 Å². The quantitative estimate of drug-likeness (QED) is 0.728. The maximum atomic E-state index is 12.9. The standard InChI is InChI=1S/C19H19N3O4/c23-18(26-14-7-12-10-24-11-13(8-14)21-12)16-9-22(19-20-5-6-25-19)17-4-2-1-3-15(16)17/h1-6,9,12-14,21H,7-8,10-11H2/t12-,13+,14-. The number of para-hydroxylation sites is 1. The maximum absolute atomic E-state index is 12.9. The number of morpholine rings is 1. The highest BCUT2D eigenvalue weighted by Gasteiger charge is 2.34. The lowest BCUT2D eigenvalue weighted by molar-refractivity contribution is -0.0339. The highest BCUT2D eigenvalue weighted by atomic mass is 16.5. The minimum absolute atomic E-state index is 0.0912. The topological polar surface area (TPSA) is 78.5 Å². The number of hydrogen-bond donors (Lipinski definition) is 1. The summed E-state index contributed by atoms with van der Waals surface area (Å²) in [5.41, 5.74) is 1.39. The van der Waals surface area contributed by atoms with E-state index in [1.807, 2.05) is 24.3 Å². The summed E-state index contributed by atoms with van der Waals surface area (Å²) >= 11 is 0. The molecule has 0 aliphatic carbocycles. The Morgan fingerprint density at radius 1 is 1.23 bits per heavy atom. The number of esters is 1. The normalized spacial score (nSPS) is 25.3. The number of nitrogens with one attached hydrogen (secondary N) is 1. The minimum Gasteiger partial charge on any atom is -0.459 e. The number of piperidine rings is 1. The van der Waals surface area contributed by atoms with Gasteiger partial charge in [-0.15, -0.1) is 0 Å². The molecular weight excluding hydrogens is 334 g/mol. The Labute approximate surface area is 149 Å². The van der Waals surface area contributed by atoms with Crippen LogP contribution in [0, 0.1) is 0 Å². The molecule has 2 fully saturated rings. The zero-order chi connectivity index (χ0) is 17.5. The first-order valence-corrected chi connectivity index (χ1v) is 8.82. The Morgan fingerprint density at radius 3 is 2.81 bits per heavy atom. The van der Waals surface area contributed by atoms with Gasteiger partial charge in [-0.05, 0) is 6.07 Å². The van der Waals surface area contributed by atoms with Gasteiger partial charge >= 0.3 is 12.0 Å². The first kappa shape index (κ1) is 15.6. The van der Waals surface area contributed by atoms with E-state index >= 15 is 0 Å². The first-order valence-electron chi connectivity index (χ1n) is 8.82. The van der Waals surface area contributed by atoms with Crippen molar-refractivity contribution < 1.29 is 18.7 Å². The van der Waals surface area contributed by atoms with E-state index in [2.05, 4.69) is 10.3 Å². The molecule has 7 heteroatoms. The largest absolute Gasteiger partial charge is 0.459 e. The number of aromatic nitrogens is 2. The van der Waals surface area contributed by atoms with Crippen molar-refractivity contribution in [3.8, 4) is 6.01 Å². The van der Waals surface area contributed by atoms with Crippen molar-refractivity contribution in [3.63, 3.8) is 0 Å². The third-order valence-electron chi connectivity index (χ3n) is 5.04. The molecule has 134 valence electrons. The molecule has 2 bridgehead atoms. The van der Waals surface area contributed by atoms with Crippen LogP contribution in [0.5, 0.6) is 0 Å². The van der Waals surface area contributed by atoms with Crippen molar-refractivity contribution in [1.29, 1.82) is 0 Å². The third kappa shape index (κ3) is 2.69. The van der Waals surface area contributed by atoms with Crippen LogP contribution in [0.3, 0.4) is 0 Å². The number of carbonyl (C=O) groups excluding carboxylic acids is 1. The molecule has 1 N–H and O–H groups in total. The Kier molecular flexibility index (Phi) is 3.76. The average molecular weight is 353 g/mol. The van der Waals surface area contributed by atoms with Gasteiger partial charge in [0.05, 0.1) is 30.5 Å². The lowest BCUT2D eigenvalue weighted by Crippen LogP contribution is -2.56. The van der Waals surface area contributed by atoms with Crippen LogP contribution >= 0.6 is 0 Å². The summed E-state index contributed by atoms with van der Waals surface area (Å²) in [7, 11) is 0. The highest BCUT2D eigenvalue weighted by molar-refractivity contribution is 6.04. The third-order valence-corrected chi connectivity index (χ3v) is 5.04. The summed E-state index contributed by atoms with van der Waals surface area (Å²) in [5.74, 6) is -0.308. The van der Waals surface area contributed by atoms with Gasteiger partial charge in [0.15, 0.2) is 0 Å². The molecule has 2 aliphatic heterocycles. The van der Waals surface area contributed by atoms with Crippen LogP contribution in [-0.2, 0) is 9.47 Å². The van der Waals surface area contributed by atoms with Crippen molar-refractivity contribution in [2.24, 2.45) is 0 Å². The van der Waals surface area contributed by atoms with Crippen LogP contribution in [0.25, 0.3) is 16.9 Å². The zero-order valence-electron chi connectivity index (χ0n) is 14.1. The van der Waals surface area contributed by atoms with E-state index in [-0.39, 0.29) is 24.2 Å². The molecule has 7 nitrogen and oxygen atoms in total. The monoisotopic (exact) mass is 353 g/mol. The molecule has 1 aromatic carbocycles. The van der Waals surface area contributed by atoms with Crippen LogP contribution in [0.15, 0.2) is 47.3 Å². The lowest BCUT2D eigenvalue weighted by Gasteiger charge is -2.39. The second kappa shape index (κ2) is 6.26. The number of carbonyl (C=O) groups is 1. The Balaban J connectivity index is 1.44. The van der Waals surface area contributed by atoms with Crippen molar-refractivity contribution in [1.82, 2.24) is 14.9 Å². The summed E-state index contributed by atoms with van der Waals surface area (Å²) in [5, 5.41) is 4.33. The fraction of sp³-hybridized carbons (Fsp3) is 0.368. The zero-order valence-corrected chi connectivity index (χ0v) is 14.1. The molecular formula is C19H19N3O4. The van der Waals surface area contributed by atoms with E-state index in [0.717, 1.165) is 23.7 Å². The van der Waals surface area contributed by atoms with Crippen LogP contribution in [-0.4, -0.2) is 46.9 Å². The lowest BCUT2D eigenvalue weighted by atomic mass is 9.94. The molecule has 2 aliphatic rings. The summed E-state index contributed by atoms with van der Waals surface area (Å²) in [4.78, 5) is 17.1. The average Bonchev–Trinajstić information content (AvgIpc) is 3.29. The second-order valence-electron chi connectivity index (χ2n) is 6.84. The fourth-order valence-electron chi connectivity index (χ4n) is 3.93. The summed E-state index contributed by atoms with van der Waals surface area (Å²) < 4.78 is 18.6. The van der Waals surface area contributed by atoms with Gasteiger partial charge in [-0.25, -0.2) is 9.78 Å². The van der Waals surface area contributed by atoms with Crippen molar-refractivity contribution in [2.45, 2.75) is 31.0 Å². The van der Waals surface area contributed by atoms with E-state index in [0.29, 0.717) is 24.8 Å². The molecule has 0 saturated carbocycles. The molecule has 0 amide bonds. The van der Waals surface area contributed by atoms with E-state index in [9.17, 15) is 4.79 Å². The number of fused-ring (bicyclic) bond motifs is 3. The van der Waals surface area contributed by atoms with Gasteiger partial charge in [0.2, 0.25) is 0 Å².